The molecule has 1 aromatic carbocycles. The summed E-state index contributed by atoms with van der Waals surface area (Å²) >= 11 is 0. The van der Waals surface area contributed by atoms with E-state index in [1.165, 1.54) is 26.4 Å². The molecule has 0 radical (unpaired) electrons. The number of hydrogen-bond acceptors (Lipinski definition) is 4. The molecule has 0 aliphatic carbocycles. The van der Waals surface area contributed by atoms with E-state index in [9.17, 15) is 9.59 Å². The predicted molar refractivity (Wildman–Crippen MR) is 59.7 cm³/mol. The van der Waals surface area contributed by atoms with Crippen molar-refractivity contribution in [1.29, 1.82) is 0 Å². The van der Waals surface area contributed by atoms with Gasteiger partial charge in [-0.1, -0.05) is 0 Å². The number of primary amides is 1. The number of ether oxygens (including phenoxy) is 2. The second kappa shape index (κ2) is 5.59. The molecule has 92 valence electrons. The minimum Gasteiger partial charge on any atom is -0.497 e. The molecule has 1 rings (SSSR count). The summed E-state index contributed by atoms with van der Waals surface area (Å²) in [6.45, 7) is 0. The second-order valence-electron chi connectivity index (χ2n) is 3.04. The highest BCUT2D eigenvalue weighted by Crippen LogP contribution is 2.22. The highest BCUT2D eigenvalue weighted by molar-refractivity contribution is 5.95. The summed E-state index contributed by atoms with van der Waals surface area (Å²) in [4.78, 5) is 22.0. The molecule has 1 aromatic rings. The highest BCUT2D eigenvalue weighted by Gasteiger charge is 2.09. The fourth-order valence-corrected chi connectivity index (χ4v) is 1.13. The molecule has 0 saturated carbocycles. The molecular formula is C10H13N3O4. The van der Waals surface area contributed by atoms with E-state index in [2.05, 4.69) is 5.43 Å². The molecule has 0 fully saturated rings. The lowest BCUT2D eigenvalue weighted by atomic mass is 10.2. The van der Waals surface area contributed by atoms with E-state index in [0.29, 0.717) is 11.5 Å². The van der Waals surface area contributed by atoms with Gasteiger partial charge in [0.25, 0.3) is 5.91 Å². The summed E-state index contributed by atoms with van der Waals surface area (Å²) in [5, 5.41) is 0. The number of amides is 3. The van der Waals surface area contributed by atoms with Gasteiger partial charge in [0.15, 0.2) is 0 Å². The van der Waals surface area contributed by atoms with Gasteiger partial charge in [-0.3, -0.25) is 10.2 Å². The number of nitrogens with two attached hydrogens (primary N) is 1. The van der Waals surface area contributed by atoms with Crippen LogP contribution in [0.2, 0.25) is 0 Å². The number of methoxy groups -OCH3 is 2. The summed E-state index contributed by atoms with van der Waals surface area (Å²) in [5.41, 5.74) is 9.19. The van der Waals surface area contributed by atoms with Crippen molar-refractivity contribution in [2.24, 2.45) is 5.73 Å². The third-order valence-corrected chi connectivity index (χ3v) is 1.91. The van der Waals surface area contributed by atoms with Crippen molar-refractivity contribution in [1.82, 2.24) is 10.9 Å². The average Bonchev–Trinajstić information content (AvgIpc) is 2.34. The summed E-state index contributed by atoms with van der Waals surface area (Å²) in [7, 11) is 2.94. The standard InChI is InChI=1S/C10H13N3O4/c1-16-7-3-6(4-8(5-7)17-2)9(14)12-13-10(11)15/h3-5H,1-2H3,(H,12,14)(H3,11,13,15). The molecule has 0 saturated heterocycles. The lowest BCUT2D eigenvalue weighted by Gasteiger charge is -2.08. The van der Waals surface area contributed by atoms with Crippen LogP contribution in [0.5, 0.6) is 11.5 Å². The highest BCUT2D eigenvalue weighted by atomic mass is 16.5. The molecule has 0 aliphatic heterocycles. The Bertz CT molecular complexity index is 411. The first-order valence-corrected chi connectivity index (χ1v) is 4.65. The number of carbonyl (C=O) groups is 2. The van der Waals surface area contributed by atoms with Gasteiger partial charge in [-0.2, -0.15) is 0 Å². The van der Waals surface area contributed by atoms with E-state index in [4.69, 9.17) is 15.2 Å². The lowest BCUT2D eigenvalue weighted by Crippen LogP contribution is -2.44. The van der Waals surface area contributed by atoms with Crippen molar-refractivity contribution in [3.05, 3.63) is 23.8 Å². The Hall–Kier alpha value is -2.44. The topological polar surface area (TPSA) is 103 Å². The third-order valence-electron chi connectivity index (χ3n) is 1.91. The molecule has 0 heterocycles. The number of hydrogen-bond donors (Lipinski definition) is 3. The summed E-state index contributed by atoms with van der Waals surface area (Å²) in [6.07, 6.45) is 0. The van der Waals surface area contributed by atoms with Crippen LogP contribution >= 0.6 is 0 Å². The molecule has 0 aliphatic rings. The Balaban J connectivity index is 2.88. The van der Waals surface area contributed by atoms with E-state index >= 15 is 0 Å². The van der Waals surface area contributed by atoms with Gasteiger partial charge in [-0.25, -0.2) is 10.2 Å². The maximum Gasteiger partial charge on any atom is 0.330 e. The molecule has 0 bridgehead atoms. The van der Waals surface area contributed by atoms with E-state index in [0.717, 1.165) is 0 Å². The van der Waals surface area contributed by atoms with Crippen LogP contribution in [0.25, 0.3) is 0 Å². The van der Waals surface area contributed by atoms with Crippen molar-refractivity contribution in [3.63, 3.8) is 0 Å². The van der Waals surface area contributed by atoms with Gasteiger partial charge < -0.3 is 15.2 Å². The minimum atomic E-state index is -0.854. The van der Waals surface area contributed by atoms with Crippen molar-refractivity contribution in [2.45, 2.75) is 0 Å². The van der Waals surface area contributed by atoms with Crippen LogP contribution in [-0.2, 0) is 0 Å². The maximum atomic E-state index is 11.6. The number of urea groups is 1. The van der Waals surface area contributed by atoms with Gasteiger partial charge >= 0.3 is 6.03 Å². The van der Waals surface area contributed by atoms with Gasteiger partial charge in [0.1, 0.15) is 11.5 Å². The van der Waals surface area contributed by atoms with E-state index in [1.54, 1.807) is 6.07 Å². The van der Waals surface area contributed by atoms with Crippen molar-refractivity contribution in [3.8, 4) is 11.5 Å². The Labute approximate surface area is 97.9 Å². The number of rotatable bonds is 3. The lowest BCUT2D eigenvalue weighted by molar-refractivity contribution is 0.0936. The normalized spacial score (nSPS) is 9.29. The van der Waals surface area contributed by atoms with Gasteiger partial charge in [0.05, 0.1) is 14.2 Å². The Morgan fingerprint density at radius 3 is 2.00 bits per heavy atom. The largest absolute Gasteiger partial charge is 0.497 e. The van der Waals surface area contributed by atoms with Gasteiger partial charge in [-0.05, 0) is 12.1 Å². The van der Waals surface area contributed by atoms with Gasteiger partial charge in [0.2, 0.25) is 0 Å². The third kappa shape index (κ3) is 3.56. The average molecular weight is 239 g/mol. The molecule has 0 unspecified atom stereocenters. The van der Waals surface area contributed by atoms with E-state index in [-0.39, 0.29) is 5.56 Å². The monoisotopic (exact) mass is 239 g/mol. The SMILES string of the molecule is COc1cc(OC)cc(C(=O)NNC(N)=O)c1. The van der Waals surface area contributed by atoms with Crippen LogP contribution in [0, 0.1) is 0 Å². The molecule has 7 nitrogen and oxygen atoms in total. The molecule has 0 atom stereocenters. The van der Waals surface area contributed by atoms with Crippen molar-refractivity contribution in [2.75, 3.05) is 14.2 Å². The fraction of sp³-hybridized carbons (Fsp3) is 0.200. The van der Waals surface area contributed by atoms with Crippen molar-refractivity contribution < 1.29 is 19.1 Å². The molecular weight excluding hydrogens is 226 g/mol. The van der Waals surface area contributed by atoms with Crippen LogP contribution in [0.15, 0.2) is 18.2 Å². The maximum absolute atomic E-state index is 11.6. The van der Waals surface area contributed by atoms with Crippen LogP contribution in [0.4, 0.5) is 4.79 Å². The molecule has 3 amide bonds. The van der Waals surface area contributed by atoms with Crippen molar-refractivity contribution >= 4 is 11.9 Å². The van der Waals surface area contributed by atoms with Gasteiger partial charge in [-0.15, -0.1) is 0 Å². The number of carbonyl (C=O) groups excluding carboxylic acids is 2. The predicted octanol–water partition coefficient (Wildman–Crippen LogP) is 0.0169. The zero-order valence-electron chi connectivity index (χ0n) is 9.44. The first-order chi connectivity index (χ1) is 8.06. The van der Waals surface area contributed by atoms with Crippen LogP contribution in [0.1, 0.15) is 10.4 Å². The first-order valence-electron chi connectivity index (χ1n) is 4.65. The van der Waals surface area contributed by atoms with Crippen LogP contribution in [0.3, 0.4) is 0 Å². The molecule has 4 N–H and O–H groups in total. The molecule has 0 spiro atoms. The zero-order chi connectivity index (χ0) is 12.8. The van der Waals surface area contributed by atoms with Crippen LogP contribution in [-0.4, -0.2) is 26.2 Å². The Morgan fingerprint density at radius 2 is 1.59 bits per heavy atom. The number of benzene rings is 1. The summed E-state index contributed by atoms with van der Waals surface area (Å²) in [5.74, 6) is 0.406. The first kappa shape index (κ1) is 12.6. The minimum absolute atomic E-state index is 0.273. The second-order valence-corrected chi connectivity index (χ2v) is 3.04. The summed E-state index contributed by atoms with van der Waals surface area (Å²) in [6, 6.07) is 3.77. The number of nitrogens with one attached hydrogen (secondary N) is 2. The Morgan fingerprint density at radius 1 is 1.06 bits per heavy atom. The van der Waals surface area contributed by atoms with Gasteiger partial charge in [0, 0.05) is 11.6 Å². The smallest absolute Gasteiger partial charge is 0.330 e. The quantitative estimate of drug-likeness (QED) is 0.647. The fourth-order valence-electron chi connectivity index (χ4n) is 1.13. The van der Waals surface area contributed by atoms with E-state index in [1.807, 2.05) is 5.43 Å². The van der Waals surface area contributed by atoms with E-state index < -0.39 is 11.9 Å². The Kier molecular flexibility index (Phi) is 4.15. The zero-order valence-corrected chi connectivity index (χ0v) is 9.44. The van der Waals surface area contributed by atoms with Crippen LogP contribution < -0.4 is 26.1 Å². The molecule has 0 aromatic heterocycles. The molecule has 17 heavy (non-hydrogen) atoms. The number of hydrazine groups is 1. The molecule has 7 heteroatoms. The summed E-state index contributed by atoms with van der Waals surface area (Å²) < 4.78 is 10.0.